The molecule has 4 heteroatoms. The van der Waals surface area contributed by atoms with E-state index in [9.17, 15) is 9.18 Å². The average molecular weight is 290 g/mol. The third kappa shape index (κ3) is 3.43. The van der Waals surface area contributed by atoms with Crippen LogP contribution < -0.4 is 5.32 Å². The Morgan fingerprint density at radius 2 is 2.19 bits per heavy atom. The first-order valence-electron chi connectivity index (χ1n) is 7.93. The molecule has 1 amide bonds. The number of hydrogen-bond donors (Lipinski definition) is 1. The van der Waals surface area contributed by atoms with Crippen molar-refractivity contribution in [2.24, 2.45) is 5.92 Å². The summed E-state index contributed by atoms with van der Waals surface area (Å²) in [7, 11) is 0. The summed E-state index contributed by atoms with van der Waals surface area (Å²) in [6, 6.07) is 4.85. The highest BCUT2D eigenvalue weighted by Crippen LogP contribution is 2.30. The van der Waals surface area contributed by atoms with Gasteiger partial charge >= 0.3 is 0 Å². The second kappa shape index (κ2) is 6.14. The summed E-state index contributed by atoms with van der Waals surface area (Å²) < 4.78 is 13.2. The molecule has 2 fully saturated rings. The van der Waals surface area contributed by atoms with Gasteiger partial charge in [0.25, 0.3) is 5.91 Å². The van der Waals surface area contributed by atoms with Crippen LogP contribution >= 0.6 is 0 Å². The van der Waals surface area contributed by atoms with Gasteiger partial charge in [0.15, 0.2) is 0 Å². The lowest BCUT2D eigenvalue weighted by Gasteiger charge is -2.30. The molecular formula is C17H23FN2O. The maximum absolute atomic E-state index is 13.2. The number of carbonyl (C=O) groups excluding carboxylic acids is 1. The van der Waals surface area contributed by atoms with Crippen molar-refractivity contribution in [2.45, 2.75) is 38.6 Å². The van der Waals surface area contributed by atoms with Crippen molar-refractivity contribution in [3.63, 3.8) is 0 Å². The molecule has 1 heterocycles. The molecule has 1 aliphatic carbocycles. The second-order valence-corrected chi connectivity index (χ2v) is 6.36. The van der Waals surface area contributed by atoms with Crippen LogP contribution in [-0.2, 0) is 0 Å². The van der Waals surface area contributed by atoms with Gasteiger partial charge < -0.3 is 10.2 Å². The zero-order chi connectivity index (χ0) is 14.8. The van der Waals surface area contributed by atoms with Crippen LogP contribution in [0.15, 0.2) is 18.2 Å². The number of amides is 1. The van der Waals surface area contributed by atoms with Gasteiger partial charge in [0, 0.05) is 18.2 Å². The lowest BCUT2D eigenvalue weighted by molar-refractivity contribution is 0.0703. The molecule has 0 aromatic heterocycles. The standard InChI is InChI=1S/C17H23FN2O/c1-12-9-14(18)4-7-16(12)17(21)20(15-5-6-15)11-13-3-2-8-19-10-13/h4,7,9,13,15,19H,2-3,5-6,8,10-11H2,1H3. The maximum Gasteiger partial charge on any atom is 0.254 e. The van der Waals surface area contributed by atoms with E-state index in [1.165, 1.54) is 25.0 Å². The number of rotatable bonds is 4. The van der Waals surface area contributed by atoms with Gasteiger partial charge in [-0.2, -0.15) is 0 Å². The molecule has 1 aromatic rings. The quantitative estimate of drug-likeness (QED) is 0.925. The summed E-state index contributed by atoms with van der Waals surface area (Å²) in [4.78, 5) is 14.8. The lowest BCUT2D eigenvalue weighted by atomic mass is 9.98. The van der Waals surface area contributed by atoms with Crippen molar-refractivity contribution in [2.75, 3.05) is 19.6 Å². The van der Waals surface area contributed by atoms with Gasteiger partial charge in [-0.05, 0) is 75.4 Å². The van der Waals surface area contributed by atoms with Crippen LogP contribution in [0, 0.1) is 18.7 Å². The van der Waals surface area contributed by atoms with E-state index in [0.717, 1.165) is 38.0 Å². The van der Waals surface area contributed by atoms with Crippen LogP contribution in [0.2, 0.25) is 0 Å². The monoisotopic (exact) mass is 290 g/mol. The predicted octanol–water partition coefficient (Wildman–Crippen LogP) is 2.74. The zero-order valence-corrected chi connectivity index (χ0v) is 12.6. The summed E-state index contributed by atoms with van der Waals surface area (Å²) in [6.07, 6.45) is 4.58. The van der Waals surface area contributed by atoms with Gasteiger partial charge in [-0.1, -0.05) is 0 Å². The first-order valence-corrected chi connectivity index (χ1v) is 7.93. The van der Waals surface area contributed by atoms with Gasteiger partial charge in [-0.25, -0.2) is 4.39 Å². The highest BCUT2D eigenvalue weighted by atomic mass is 19.1. The summed E-state index contributed by atoms with van der Waals surface area (Å²) in [5.41, 5.74) is 1.37. The molecular weight excluding hydrogens is 267 g/mol. The highest BCUT2D eigenvalue weighted by molar-refractivity contribution is 5.96. The van der Waals surface area contributed by atoms with Crippen LogP contribution in [0.25, 0.3) is 0 Å². The van der Waals surface area contributed by atoms with E-state index in [2.05, 4.69) is 5.32 Å². The Morgan fingerprint density at radius 1 is 1.38 bits per heavy atom. The fraction of sp³-hybridized carbons (Fsp3) is 0.588. The van der Waals surface area contributed by atoms with Gasteiger partial charge in [0.2, 0.25) is 0 Å². The molecule has 1 saturated heterocycles. The summed E-state index contributed by atoms with van der Waals surface area (Å²) in [5.74, 6) is 0.336. The van der Waals surface area contributed by atoms with E-state index in [0.29, 0.717) is 17.5 Å². The Hall–Kier alpha value is -1.42. The maximum atomic E-state index is 13.2. The lowest BCUT2D eigenvalue weighted by Crippen LogP contribution is -2.42. The van der Waals surface area contributed by atoms with E-state index < -0.39 is 0 Å². The number of carbonyl (C=O) groups is 1. The largest absolute Gasteiger partial charge is 0.335 e. The van der Waals surface area contributed by atoms with E-state index in [1.807, 2.05) is 11.8 Å². The van der Waals surface area contributed by atoms with Crippen LogP contribution in [0.3, 0.4) is 0 Å². The van der Waals surface area contributed by atoms with Crippen LogP contribution in [-0.4, -0.2) is 36.5 Å². The zero-order valence-electron chi connectivity index (χ0n) is 12.6. The molecule has 0 bridgehead atoms. The van der Waals surface area contributed by atoms with E-state index in [-0.39, 0.29) is 11.7 Å². The number of benzene rings is 1. The van der Waals surface area contributed by atoms with Crippen LogP contribution in [0.1, 0.15) is 41.6 Å². The Morgan fingerprint density at radius 3 is 2.81 bits per heavy atom. The Kier molecular flexibility index (Phi) is 4.24. The number of hydrogen-bond acceptors (Lipinski definition) is 2. The molecule has 3 nitrogen and oxygen atoms in total. The summed E-state index contributed by atoms with van der Waals surface area (Å²) >= 11 is 0. The predicted molar refractivity (Wildman–Crippen MR) is 80.8 cm³/mol. The van der Waals surface area contributed by atoms with E-state index in [1.54, 1.807) is 6.07 Å². The fourth-order valence-corrected chi connectivity index (χ4v) is 3.16. The van der Waals surface area contributed by atoms with Crippen molar-refractivity contribution in [1.29, 1.82) is 0 Å². The van der Waals surface area contributed by atoms with Crippen molar-refractivity contribution >= 4 is 5.91 Å². The minimum absolute atomic E-state index is 0.0700. The third-order valence-electron chi connectivity index (χ3n) is 4.52. The topological polar surface area (TPSA) is 32.3 Å². The van der Waals surface area contributed by atoms with Crippen LogP contribution in [0.4, 0.5) is 4.39 Å². The molecule has 1 N–H and O–H groups in total. The van der Waals surface area contributed by atoms with E-state index >= 15 is 0 Å². The van der Waals surface area contributed by atoms with Gasteiger partial charge in [0.05, 0.1) is 0 Å². The van der Waals surface area contributed by atoms with Gasteiger partial charge in [-0.3, -0.25) is 4.79 Å². The summed E-state index contributed by atoms with van der Waals surface area (Å²) in [6.45, 7) is 4.72. The first-order chi connectivity index (χ1) is 10.1. The molecule has 1 aromatic carbocycles. The van der Waals surface area contributed by atoms with Gasteiger partial charge in [0.1, 0.15) is 5.82 Å². The smallest absolute Gasteiger partial charge is 0.254 e. The van der Waals surface area contributed by atoms with Gasteiger partial charge in [-0.15, -0.1) is 0 Å². The SMILES string of the molecule is Cc1cc(F)ccc1C(=O)N(CC1CCCNC1)C1CC1. The van der Waals surface area contributed by atoms with Crippen LogP contribution in [0.5, 0.6) is 0 Å². The molecule has 1 saturated carbocycles. The molecule has 1 aliphatic heterocycles. The number of nitrogens with one attached hydrogen (secondary N) is 1. The third-order valence-corrected chi connectivity index (χ3v) is 4.52. The van der Waals surface area contributed by atoms with Crippen molar-refractivity contribution in [3.8, 4) is 0 Å². The molecule has 3 rings (SSSR count). The second-order valence-electron chi connectivity index (χ2n) is 6.36. The molecule has 1 unspecified atom stereocenters. The molecule has 0 radical (unpaired) electrons. The number of nitrogens with zero attached hydrogens (tertiary/aromatic N) is 1. The average Bonchev–Trinajstić information content (AvgIpc) is 3.30. The fourth-order valence-electron chi connectivity index (χ4n) is 3.16. The number of halogens is 1. The van der Waals surface area contributed by atoms with Crippen molar-refractivity contribution in [1.82, 2.24) is 10.2 Å². The number of aryl methyl sites for hydroxylation is 1. The van der Waals surface area contributed by atoms with Crippen molar-refractivity contribution < 1.29 is 9.18 Å². The minimum atomic E-state index is -0.279. The number of piperidine rings is 1. The van der Waals surface area contributed by atoms with Crippen molar-refractivity contribution in [3.05, 3.63) is 35.1 Å². The van der Waals surface area contributed by atoms with E-state index in [4.69, 9.17) is 0 Å². The normalized spacial score (nSPS) is 22.1. The molecule has 21 heavy (non-hydrogen) atoms. The Labute approximate surface area is 125 Å². The molecule has 114 valence electrons. The highest BCUT2D eigenvalue weighted by Gasteiger charge is 2.35. The Bertz CT molecular complexity index is 522. The molecule has 0 spiro atoms. The molecule has 2 aliphatic rings. The Balaban J connectivity index is 1.75. The first kappa shape index (κ1) is 14.5. The summed E-state index contributed by atoms with van der Waals surface area (Å²) in [5, 5.41) is 3.41. The minimum Gasteiger partial charge on any atom is -0.335 e. The molecule has 1 atom stereocenters.